The van der Waals surface area contributed by atoms with E-state index in [1.54, 1.807) is 30.5 Å². The fourth-order valence-electron chi connectivity index (χ4n) is 3.47. The predicted octanol–water partition coefficient (Wildman–Crippen LogP) is 3.68. The first-order chi connectivity index (χ1) is 17.9. The van der Waals surface area contributed by atoms with Crippen LogP contribution in [0.2, 0.25) is 0 Å². The molecular weight excluding hydrogens is 478 g/mol. The van der Waals surface area contributed by atoms with Crippen molar-refractivity contribution in [1.29, 1.82) is 0 Å². The van der Waals surface area contributed by atoms with Crippen molar-refractivity contribution in [3.63, 3.8) is 0 Å². The normalized spacial score (nSPS) is 12.2. The van der Waals surface area contributed by atoms with E-state index in [9.17, 15) is 10.0 Å². The van der Waals surface area contributed by atoms with Gasteiger partial charge in [-0.05, 0) is 44.4 Å². The maximum Gasteiger partial charge on any atom is 0.247 e. The monoisotopic (exact) mass is 507 g/mol. The van der Waals surface area contributed by atoms with Crippen LogP contribution in [0.15, 0.2) is 55.3 Å². The van der Waals surface area contributed by atoms with E-state index in [0.717, 1.165) is 10.8 Å². The van der Waals surface area contributed by atoms with E-state index in [0.29, 0.717) is 65.8 Å². The maximum absolute atomic E-state index is 12.0. The standard InChI is InChI=1S/C25H29N7O5/c1-5-24(33)28-19-13-18(21(35-4)14-22(19)36-11-10-31(2)3)29-25-26-9-8-23(30-25)27-17-7-6-16-15-37-32(34)20(16)12-17/h5-9,12-14,34H,1,10-11,15H2,2-4H3,(H,28,33)(H2,26,27,29,30). The molecule has 0 saturated carbocycles. The Morgan fingerprint density at radius 1 is 1.22 bits per heavy atom. The first kappa shape index (κ1) is 25.7. The number of carbonyl (C=O) groups is 1. The lowest BCUT2D eigenvalue weighted by atomic mass is 10.2. The number of rotatable bonds is 11. The number of hydrogen-bond donors (Lipinski definition) is 4. The topological polar surface area (TPSA) is 133 Å². The fourth-order valence-corrected chi connectivity index (χ4v) is 3.47. The number of carbonyl (C=O) groups excluding carboxylic acids is 1. The van der Waals surface area contributed by atoms with Gasteiger partial charge in [-0.2, -0.15) is 4.98 Å². The smallest absolute Gasteiger partial charge is 0.247 e. The Labute approximate surface area is 214 Å². The quantitative estimate of drug-likeness (QED) is 0.283. The summed E-state index contributed by atoms with van der Waals surface area (Å²) in [5.74, 6) is 1.36. The van der Waals surface area contributed by atoms with Crippen molar-refractivity contribution < 1.29 is 24.3 Å². The number of methoxy groups -OCH3 is 1. The van der Waals surface area contributed by atoms with E-state index in [1.807, 2.05) is 31.1 Å². The highest BCUT2D eigenvalue weighted by atomic mass is 16.9. The number of ether oxygens (including phenoxy) is 2. The van der Waals surface area contributed by atoms with Crippen LogP contribution in [0.5, 0.6) is 11.5 Å². The minimum absolute atomic E-state index is 0.291. The first-order valence-corrected chi connectivity index (χ1v) is 11.4. The number of nitrogens with one attached hydrogen (secondary N) is 3. The first-order valence-electron chi connectivity index (χ1n) is 11.4. The molecule has 0 radical (unpaired) electrons. The third-order valence-electron chi connectivity index (χ3n) is 5.35. The van der Waals surface area contributed by atoms with Crippen molar-refractivity contribution in [2.24, 2.45) is 0 Å². The third kappa shape index (κ3) is 6.44. The van der Waals surface area contributed by atoms with Crippen molar-refractivity contribution in [2.45, 2.75) is 6.61 Å². The Kier molecular flexibility index (Phi) is 8.03. The molecule has 1 aliphatic rings. The van der Waals surface area contributed by atoms with Gasteiger partial charge in [0.1, 0.15) is 36.2 Å². The third-order valence-corrected chi connectivity index (χ3v) is 5.35. The maximum atomic E-state index is 12.0. The van der Waals surface area contributed by atoms with Crippen LogP contribution >= 0.6 is 0 Å². The van der Waals surface area contributed by atoms with Gasteiger partial charge in [0.2, 0.25) is 11.9 Å². The molecule has 1 aliphatic heterocycles. The SMILES string of the molecule is C=CC(=O)Nc1cc(Nc2nccc(Nc3ccc4c(c3)N(O)OC4)n2)c(OC)cc1OCCN(C)C. The summed E-state index contributed by atoms with van der Waals surface area (Å²) in [4.78, 5) is 27.9. The highest BCUT2D eigenvalue weighted by Crippen LogP contribution is 2.38. The molecule has 1 amide bonds. The lowest BCUT2D eigenvalue weighted by Crippen LogP contribution is -2.20. The molecule has 1 aromatic heterocycles. The molecule has 3 aromatic rings. The molecule has 0 unspecified atom stereocenters. The molecule has 37 heavy (non-hydrogen) atoms. The lowest BCUT2D eigenvalue weighted by Gasteiger charge is -2.18. The Balaban J connectivity index is 1.56. The van der Waals surface area contributed by atoms with E-state index in [4.69, 9.17) is 14.3 Å². The highest BCUT2D eigenvalue weighted by Gasteiger charge is 2.19. The molecule has 12 heteroatoms. The number of likely N-dealkylation sites (N-methyl/N-ethyl adjacent to an activating group) is 1. The van der Waals surface area contributed by atoms with E-state index < -0.39 is 0 Å². The van der Waals surface area contributed by atoms with Crippen molar-refractivity contribution in [3.05, 3.63) is 60.8 Å². The van der Waals surface area contributed by atoms with E-state index in [2.05, 4.69) is 32.5 Å². The van der Waals surface area contributed by atoms with Crippen LogP contribution < -0.4 is 30.7 Å². The largest absolute Gasteiger partial charge is 0.494 e. The zero-order valence-corrected chi connectivity index (χ0v) is 20.8. The van der Waals surface area contributed by atoms with E-state index in [1.165, 1.54) is 13.2 Å². The van der Waals surface area contributed by atoms with Crippen LogP contribution in [0.1, 0.15) is 5.56 Å². The number of amides is 1. The summed E-state index contributed by atoms with van der Waals surface area (Å²) in [6.45, 7) is 4.93. The second kappa shape index (κ2) is 11.6. The average Bonchev–Trinajstić information content (AvgIpc) is 3.25. The lowest BCUT2D eigenvalue weighted by molar-refractivity contribution is -0.111. The van der Waals surface area contributed by atoms with Gasteiger partial charge in [-0.3, -0.25) is 10.0 Å². The molecule has 0 aliphatic carbocycles. The molecular formula is C25H29N7O5. The molecule has 12 nitrogen and oxygen atoms in total. The van der Waals surface area contributed by atoms with Crippen molar-refractivity contribution in [2.75, 3.05) is 55.5 Å². The Hall–Kier alpha value is -4.39. The number of hydrogen-bond acceptors (Lipinski definition) is 11. The van der Waals surface area contributed by atoms with Crippen molar-refractivity contribution in [3.8, 4) is 11.5 Å². The Morgan fingerprint density at radius 3 is 2.81 bits per heavy atom. The summed E-state index contributed by atoms with van der Waals surface area (Å²) in [6.07, 6.45) is 2.78. The summed E-state index contributed by atoms with van der Waals surface area (Å²) in [5, 5.41) is 19.6. The number of benzene rings is 2. The summed E-state index contributed by atoms with van der Waals surface area (Å²) in [5.41, 5.74) is 3.10. The summed E-state index contributed by atoms with van der Waals surface area (Å²) in [6, 6.07) is 10.6. The van der Waals surface area contributed by atoms with Gasteiger partial charge in [-0.15, -0.1) is 5.23 Å². The highest BCUT2D eigenvalue weighted by molar-refractivity contribution is 6.00. The Bertz CT molecular complexity index is 1280. The second-order valence-corrected chi connectivity index (χ2v) is 8.30. The van der Waals surface area contributed by atoms with Crippen LogP contribution in [0.3, 0.4) is 0 Å². The van der Waals surface area contributed by atoms with Crippen LogP contribution in [0.4, 0.5) is 34.5 Å². The van der Waals surface area contributed by atoms with Gasteiger partial charge in [-0.1, -0.05) is 12.6 Å². The van der Waals surface area contributed by atoms with Gasteiger partial charge in [0.15, 0.2) is 0 Å². The molecule has 194 valence electrons. The van der Waals surface area contributed by atoms with Crippen LogP contribution in [-0.4, -0.2) is 60.3 Å². The molecule has 0 bridgehead atoms. The van der Waals surface area contributed by atoms with Gasteiger partial charge in [-0.25, -0.2) is 9.82 Å². The minimum Gasteiger partial charge on any atom is -0.494 e. The van der Waals surface area contributed by atoms with Crippen molar-refractivity contribution >= 4 is 40.4 Å². The van der Waals surface area contributed by atoms with E-state index >= 15 is 0 Å². The number of nitrogens with zero attached hydrogens (tertiary/aromatic N) is 4. The number of fused-ring (bicyclic) bond motifs is 1. The van der Waals surface area contributed by atoms with Gasteiger partial charge in [0.05, 0.1) is 18.5 Å². The molecule has 0 saturated heterocycles. The number of aromatic nitrogens is 2. The van der Waals surface area contributed by atoms with Gasteiger partial charge in [0, 0.05) is 30.1 Å². The van der Waals surface area contributed by atoms with Gasteiger partial charge < -0.3 is 30.3 Å². The summed E-state index contributed by atoms with van der Waals surface area (Å²) >= 11 is 0. The van der Waals surface area contributed by atoms with Gasteiger partial charge >= 0.3 is 0 Å². The molecule has 0 atom stereocenters. The zero-order valence-electron chi connectivity index (χ0n) is 20.8. The minimum atomic E-state index is -0.378. The summed E-state index contributed by atoms with van der Waals surface area (Å²) in [7, 11) is 5.42. The molecule has 0 fully saturated rings. The molecule has 2 aromatic carbocycles. The second-order valence-electron chi connectivity index (χ2n) is 8.30. The zero-order chi connectivity index (χ0) is 26.4. The van der Waals surface area contributed by atoms with Crippen LogP contribution in [0, 0.1) is 0 Å². The van der Waals surface area contributed by atoms with Crippen LogP contribution in [-0.2, 0) is 16.2 Å². The fraction of sp³-hybridized carbons (Fsp3) is 0.240. The molecule has 4 rings (SSSR count). The number of anilines is 6. The van der Waals surface area contributed by atoms with Crippen LogP contribution in [0.25, 0.3) is 0 Å². The average molecular weight is 508 g/mol. The molecule has 0 spiro atoms. The Morgan fingerprint density at radius 2 is 2.05 bits per heavy atom. The van der Waals surface area contributed by atoms with E-state index in [-0.39, 0.29) is 5.91 Å². The molecule has 4 N–H and O–H groups in total. The predicted molar refractivity (Wildman–Crippen MR) is 140 cm³/mol. The van der Waals surface area contributed by atoms with Crippen molar-refractivity contribution in [1.82, 2.24) is 14.9 Å². The summed E-state index contributed by atoms with van der Waals surface area (Å²) < 4.78 is 11.4. The van der Waals surface area contributed by atoms with Gasteiger partial charge in [0.25, 0.3) is 0 Å². The molecule has 2 heterocycles.